The number of aromatic amines is 1. The number of aromatic nitrogens is 1. The largest absolute Gasteiger partial charge is 0.468 e. The molecule has 0 bridgehead atoms. The fraction of sp³-hybridized carbons (Fsp3) is 0.231. The first kappa shape index (κ1) is 13.6. The molecule has 0 radical (unpaired) electrons. The maximum absolute atomic E-state index is 11.7. The van der Waals surface area contributed by atoms with Gasteiger partial charge in [0.15, 0.2) is 0 Å². The third-order valence-electron chi connectivity index (χ3n) is 2.74. The Morgan fingerprint density at radius 2 is 2.21 bits per heavy atom. The molecule has 2 N–H and O–H groups in total. The van der Waals surface area contributed by atoms with Gasteiger partial charge >= 0.3 is 5.97 Å². The molecule has 1 aromatic carbocycles. The summed E-state index contributed by atoms with van der Waals surface area (Å²) in [5, 5.41) is 3.51. The molecule has 2 rings (SSSR count). The number of carbonyl (C=O) groups is 2. The van der Waals surface area contributed by atoms with Gasteiger partial charge in [0.25, 0.3) is 0 Å². The lowest BCUT2D eigenvalue weighted by atomic mass is 10.1. The summed E-state index contributed by atoms with van der Waals surface area (Å²) in [6.45, 7) is -0.108. The second-order valence-electron chi connectivity index (χ2n) is 4.03. The molecular formula is C13H13BrN2O3. The van der Waals surface area contributed by atoms with E-state index in [1.54, 1.807) is 6.20 Å². The second kappa shape index (κ2) is 5.88. The van der Waals surface area contributed by atoms with E-state index in [9.17, 15) is 9.59 Å². The van der Waals surface area contributed by atoms with Gasteiger partial charge in [-0.15, -0.1) is 0 Å². The number of hydrogen-bond donors (Lipinski definition) is 2. The van der Waals surface area contributed by atoms with Gasteiger partial charge in [0.05, 0.1) is 13.5 Å². The van der Waals surface area contributed by atoms with Gasteiger partial charge in [0.1, 0.15) is 6.54 Å². The minimum Gasteiger partial charge on any atom is -0.468 e. The highest BCUT2D eigenvalue weighted by Gasteiger charge is 2.10. The van der Waals surface area contributed by atoms with Crippen LogP contribution in [0.2, 0.25) is 0 Å². The van der Waals surface area contributed by atoms with Crippen molar-refractivity contribution in [1.29, 1.82) is 0 Å². The molecule has 1 heterocycles. The summed E-state index contributed by atoms with van der Waals surface area (Å²) in [6.07, 6.45) is 2.02. The predicted molar refractivity (Wildman–Crippen MR) is 74.7 cm³/mol. The number of methoxy groups -OCH3 is 1. The SMILES string of the molecule is COC(=O)CNC(=O)Cc1c[nH]c2cc(Br)ccc12. The van der Waals surface area contributed by atoms with Crippen LogP contribution in [0.4, 0.5) is 0 Å². The zero-order valence-electron chi connectivity index (χ0n) is 10.3. The maximum Gasteiger partial charge on any atom is 0.325 e. The molecule has 5 nitrogen and oxygen atoms in total. The monoisotopic (exact) mass is 324 g/mol. The predicted octanol–water partition coefficient (Wildman–Crippen LogP) is 1.76. The Balaban J connectivity index is 2.05. The Bertz CT molecular complexity index is 621. The van der Waals surface area contributed by atoms with E-state index in [4.69, 9.17) is 0 Å². The van der Waals surface area contributed by atoms with Crippen LogP contribution < -0.4 is 5.32 Å². The van der Waals surface area contributed by atoms with Crippen LogP contribution in [0.5, 0.6) is 0 Å². The molecule has 19 heavy (non-hydrogen) atoms. The number of esters is 1. The molecule has 0 saturated heterocycles. The van der Waals surface area contributed by atoms with Crippen LogP contribution in [0.1, 0.15) is 5.56 Å². The minimum absolute atomic E-state index is 0.108. The van der Waals surface area contributed by atoms with Crippen molar-refractivity contribution in [2.75, 3.05) is 13.7 Å². The molecule has 0 aliphatic heterocycles. The molecular weight excluding hydrogens is 312 g/mol. The lowest BCUT2D eigenvalue weighted by Crippen LogP contribution is -2.31. The molecule has 0 fully saturated rings. The number of rotatable bonds is 4. The highest BCUT2D eigenvalue weighted by atomic mass is 79.9. The average Bonchev–Trinajstić information content (AvgIpc) is 2.78. The highest BCUT2D eigenvalue weighted by molar-refractivity contribution is 9.10. The van der Waals surface area contributed by atoms with E-state index in [1.165, 1.54) is 7.11 Å². The number of benzene rings is 1. The Hall–Kier alpha value is -1.82. The fourth-order valence-corrected chi connectivity index (χ4v) is 2.14. The number of ether oxygens (including phenoxy) is 1. The lowest BCUT2D eigenvalue weighted by molar-refractivity contribution is -0.141. The zero-order chi connectivity index (χ0) is 13.8. The molecule has 0 aliphatic rings. The van der Waals surface area contributed by atoms with Crippen molar-refractivity contribution < 1.29 is 14.3 Å². The summed E-state index contributed by atoms with van der Waals surface area (Å²) in [6, 6.07) is 5.82. The maximum atomic E-state index is 11.7. The van der Waals surface area contributed by atoms with E-state index >= 15 is 0 Å². The summed E-state index contributed by atoms with van der Waals surface area (Å²) < 4.78 is 5.43. The van der Waals surface area contributed by atoms with Gasteiger partial charge in [-0.25, -0.2) is 0 Å². The van der Waals surface area contributed by atoms with E-state index in [1.807, 2.05) is 18.2 Å². The molecule has 100 valence electrons. The molecule has 1 aromatic heterocycles. The quantitative estimate of drug-likeness (QED) is 0.842. The second-order valence-corrected chi connectivity index (χ2v) is 4.95. The Morgan fingerprint density at radius 3 is 2.95 bits per heavy atom. The fourth-order valence-electron chi connectivity index (χ4n) is 1.78. The number of H-pyrrole nitrogens is 1. The van der Waals surface area contributed by atoms with Crippen molar-refractivity contribution in [3.8, 4) is 0 Å². The van der Waals surface area contributed by atoms with Crippen LogP contribution in [0, 0.1) is 0 Å². The van der Waals surface area contributed by atoms with E-state index < -0.39 is 5.97 Å². The van der Waals surface area contributed by atoms with Crippen LogP contribution in [0.3, 0.4) is 0 Å². The van der Waals surface area contributed by atoms with E-state index in [0.717, 1.165) is 20.9 Å². The number of carbonyl (C=O) groups excluding carboxylic acids is 2. The van der Waals surface area contributed by atoms with Gasteiger partial charge in [-0.3, -0.25) is 9.59 Å². The molecule has 6 heteroatoms. The first-order valence-corrected chi connectivity index (χ1v) is 6.48. The van der Waals surface area contributed by atoms with Gasteiger partial charge in [0.2, 0.25) is 5.91 Å². The van der Waals surface area contributed by atoms with Crippen LogP contribution in [0.25, 0.3) is 10.9 Å². The minimum atomic E-state index is -0.462. The van der Waals surface area contributed by atoms with Gasteiger partial charge in [-0.05, 0) is 17.7 Å². The third-order valence-corrected chi connectivity index (χ3v) is 3.23. The summed E-state index contributed by atoms with van der Waals surface area (Å²) >= 11 is 3.39. The molecule has 2 aromatic rings. The van der Waals surface area contributed by atoms with Crippen LogP contribution in [0.15, 0.2) is 28.9 Å². The first-order chi connectivity index (χ1) is 9.10. The molecule has 1 amide bonds. The highest BCUT2D eigenvalue weighted by Crippen LogP contribution is 2.22. The molecule has 0 atom stereocenters. The van der Waals surface area contributed by atoms with Crippen molar-refractivity contribution in [3.63, 3.8) is 0 Å². The standard InChI is InChI=1S/C13H13BrN2O3/c1-19-13(18)7-16-12(17)4-8-6-15-11-5-9(14)2-3-10(8)11/h2-3,5-6,15H,4,7H2,1H3,(H,16,17). The number of amides is 1. The van der Waals surface area contributed by atoms with E-state index in [-0.39, 0.29) is 18.9 Å². The van der Waals surface area contributed by atoms with Crippen molar-refractivity contribution in [1.82, 2.24) is 10.3 Å². The third kappa shape index (κ3) is 3.35. The van der Waals surface area contributed by atoms with Crippen molar-refractivity contribution in [3.05, 3.63) is 34.4 Å². The smallest absolute Gasteiger partial charge is 0.325 e. The normalized spacial score (nSPS) is 10.4. The molecule has 0 spiro atoms. The molecule has 0 aliphatic carbocycles. The molecule has 0 unspecified atom stereocenters. The zero-order valence-corrected chi connectivity index (χ0v) is 11.9. The number of fused-ring (bicyclic) bond motifs is 1. The Kier molecular flexibility index (Phi) is 4.21. The first-order valence-electron chi connectivity index (χ1n) is 5.69. The Morgan fingerprint density at radius 1 is 1.42 bits per heavy atom. The number of halogens is 1. The van der Waals surface area contributed by atoms with E-state index in [0.29, 0.717) is 0 Å². The van der Waals surface area contributed by atoms with Crippen LogP contribution >= 0.6 is 15.9 Å². The van der Waals surface area contributed by atoms with Gasteiger partial charge in [-0.1, -0.05) is 22.0 Å². The summed E-state index contributed by atoms with van der Waals surface area (Å²) in [7, 11) is 1.28. The molecule has 0 saturated carbocycles. The lowest BCUT2D eigenvalue weighted by Gasteiger charge is -2.03. The summed E-state index contributed by atoms with van der Waals surface area (Å²) in [5.74, 6) is -0.676. The van der Waals surface area contributed by atoms with Gasteiger partial charge < -0.3 is 15.0 Å². The Labute approximate surface area is 118 Å². The van der Waals surface area contributed by atoms with Crippen LogP contribution in [-0.2, 0) is 20.7 Å². The number of nitrogens with one attached hydrogen (secondary N) is 2. The average molecular weight is 325 g/mol. The van der Waals surface area contributed by atoms with Crippen LogP contribution in [-0.4, -0.2) is 30.5 Å². The van der Waals surface area contributed by atoms with Crippen molar-refractivity contribution in [2.45, 2.75) is 6.42 Å². The van der Waals surface area contributed by atoms with Gasteiger partial charge in [0, 0.05) is 21.6 Å². The summed E-state index contributed by atoms with van der Waals surface area (Å²) in [5.41, 5.74) is 1.86. The summed E-state index contributed by atoms with van der Waals surface area (Å²) in [4.78, 5) is 25.7. The van der Waals surface area contributed by atoms with Crippen molar-refractivity contribution >= 4 is 38.7 Å². The van der Waals surface area contributed by atoms with Crippen molar-refractivity contribution in [2.24, 2.45) is 0 Å². The number of hydrogen-bond acceptors (Lipinski definition) is 3. The topological polar surface area (TPSA) is 71.2 Å². The van der Waals surface area contributed by atoms with E-state index in [2.05, 4.69) is 31.0 Å². The van der Waals surface area contributed by atoms with Gasteiger partial charge in [-0.2, -0.15) is 0 Å².